The van der Waals surface area contributed by atoms with Gasteiger partial charge in [0.15, 0.2) is 16.9 Å². The van der Waals surface area contributed by atoms with E-state index in [1.807, 2.05) is 38.1 Å². The van der Waals surface area contributed by atoms with E-state index in [0.717, 1.165) is 16.5 Å². The number of ether oxygens (including phenoxy) is 3. The van der Waals surface area contributed by atoms with Gasteiger partial charge < -0.3 is 18.6 Å². The zero-order valence-electron chi connectivity index (χ0n) is 14.3. The van der Waals surface area contributed by atoms with Crippen molar-refractivity contribution in [2.75, 3.05) is 13.4 Å². The van der Waals surface area contributed by atoms with Gasteiger partial charge in [-0.2, -0.15) is 0 Å². The number of furan rings is 1. The second kappa shape index (κ2) is 5.84. The number of hydrogen-bond acceptors (Lipinski definition) is 5. The van der Waals surface area contributed by atoms with Crippen LogP contribution in [0.25, 0.3) is 21.9 Å². The van der Waals surface area contributed by atoms with E-state index in [2.05, 4.69) is 0 Å². The van der Waals surface area contributed by atoms with Crippen molar-refractivity contribution in [1.29, 1.82) is 0 Å². The molecule has 2 aromatic carbocycles. The molecule has 128 valence electrons. The molecular weight excluding hydrogens is 320 g/mol. The summed E-state index contributed by atoms with van der Waals surface area (Å²) in [6.07, 6.45) is 0. The van der Waals surface area contributed by atoms with Crippen LogP contribution in [0.3, 0.4) is 0 Å². The van der Waals surface area contributed by atoms with Crippen molar-refractivity contribution in [3.05, 3.63) is 52.1 Å². The first-order valence-corrected chi connectivity index (χ1v) is 8.19. The first-order chi connectivity index (χ1) is 12.1. The highest BCUT2D eigenvalue weighted by molar-refractivity contribution is 5.93. The molecule has 0 radical (unpaired) electrons. The summed E-state index contributed by atoms with van der Waals surface area (Å²) in [6.45, 7) is 6.27. The largest absolute Gasteiger partial charge is 0.493 e. The van der Waals surface area contributed by atoms with Crippen LogP contribution in [0.1, 0.15) is 18.4 Å². The summed E-state index contributed by atoms with van der Waals surface area (Å²) < 4.78 is 22.3. The van der Waals surface area contributed by atoms with E-state index in [9.17, 15) is 4.79 Å². The minimum Gasteiger partial charge on any atom is -0.493 e. The van der Waals surface area contributed by atoms with Crippen LogP contribution in [0.5, 0.6) is 17.2 Å². The Morgan fingerprint density at radius 2 is 1.72 bits per heavy atom. The lowest BCUT2D eigenvalue weighted by Gasteiger charge is -2.05. The predicted octanol–water partition coefficient (Wildman–Crippen LogP) is 4.20. The summed E-state index contributed by atoms with van der Waals surface area (Å²) in [5, 5.41) is 1.30. The molecule has 25 heavy (non-hydrogen) atoms. The average Bonchev–Trinajstić information content (AvgIpc) is 3.12. The van der Waals surface area contributed by atoms with Crippen LogP contribution in [-0.2, 0) is 0 Å². The van der Waals surface area contributed by atoms with E-state index < -0.39 is 0 Å². The summed E-state index contributed by atoms with van der Waals surface area (Å²) in [7, 11) is 0. The van der Waals surface area contributed by atoms with E-state index in [0.29, 0.717) is 40.8 Å². The van der Waals surface area contributed by atoms with Crippen LogP contribution in [0.4, 0.5) is 0 Å². The van der Waals surface area contributed by atoms with Gasteiger partial charge in [-0.15, -0.1) is 0 Å². The highest BCUT2D eigenvalue weighted by Crippen LogP contribution is 2.38. The molecule has 0 fully saturated rings. The SMILES string of the molecule is CCOc1cc(-c2ccc3c(c2)OCO3)cc(=O)c2c(C)oc(C)c12. The van der Waals surface area contributed by atoms with Gasteiger partial charge in [0.1, 0.15) is 17.3 Å². The Morgan fingerprint density at radius 3 is 2.52 bits per heavy atom. The smallest absolute Gasteiger partial charge is 0.231 e. The van der Waals surface area contributed by atoms with Gasteiger partial charge >= 0.3 is 0 Å². The topological polar surface area (TPSA) is 57.9 Å². The van der Waals surface area contributed by atoms with E-state index in [1.54, 1.807) is 13.0 Å². The number of fused-ring (bicyclic) bond motifs is 2. The Kier molecular flexibility index (Phi) is 3.64. The van der Waals surface area contributed by atoms with Crippen molar-refractivity contribution in [2.45, 2.75) is 20.8 Å². The predicted molar refractivity (Wildman–Crippen MR) is 94.7 cm³/mol. The lowest BCUT2D eigenvalue weighted by atomic mass is 10.1. The summed E-state index contributed by atoms with van der Waals surface area (Å²) in [6, 6.07) is 9.13. The highest BCUT2D eigenvalue weighted by atomic mass is 16.7. The van der Waals surface area contributed by atoms with Gasteiger partial charge in [0, 0.05) is 0 Å². The van der Waals surface area contributed by atoms with Crippen LogP contribution in [-0.4, -0.2) is 13.4 Å². The molecule has 0 amide bonds. The van der Waals surface area contributed by atoms with Crippen molar-refractivity contribution in [1.82, 2.24) is 0 Å². The molecule has 0 spiro atoms. The lowest BCUT2D eigenvalue weighted by Crippen LogP contribution is -1.96. The quantitative estimate of drug-likeness (QED) is 0.716. The van der Waals surface area contributed by atoms with Crippen LogP contribution in [0.15, 0.2) is 39.5 Å². The first kappa shape index (κ1) is 15.6. The van der Waals surface area contributed by atoms with Gasteiger partial charge in [0.2, 0.25) is 6.79 Å². The molecule has 4 rings (SSSR count). The molecule has 2 heterocycles. The molecule has 0 N–H and O–H groups in total. The Labute approximate surface area is 144 Å². The third-order valence-corrected chi connectivity index (χ3v) is 4.33. The van der Waals surface area contributed by atoms with Crippen molar-refractivity contribution in [3.8, 4) is 28.4 Å². The third-order valence-electron chi connectivity index (χ3n) is 4.33. The van der Waals surface area contributed by atoms with Gasteiger partial charge in [-0.05, 0) is 56.2 Å². The molecular formula is C20H18O5. The van der Waals surface area contributed by atoms with E-state index in [-0.39, 0.29) is 12.2 Å². The normalized spacial score (nSPS) is 12.6. The minimum atomic E-state index is -0.0945. The van der Waals surface area contributed by atoms with Crippen molar-refractivity contribution >= 4 is 10.8 Å². The van der Waals surface area contributed by atoms with Gasteiger partial charge in [-0.3, -0.25) is 4.79 Å². The molecule has 1 aliphatic rings. The molecule has 0 atom stereocenters. The van der Waals surface area contributed by atoms with Crippen LogP contribution in [0, 0.1) is 13.8 Å². The van der Waals surface area contributed by atoms with Crippen LogP contribution in [0.2, 0.25) is 0 Å². The third kappa shape index (κ3) is 2.52. The fourth-order valence-electron chi connectivity index (χ4n) is 3.26. The molecule has 5 heteroatoms. The summed E-state index contributed by atoms with van der Waals surface area (Å²) in [4.78, 5) is 12.8. The number of benzene rings is 1. The van der Waals surface area contributed by atoms with Gasteiger partial charge in [0.25, 0.3) is 0 Å². The zero-order valence-corrected chi connectivity index (χ0v) is 14.3. The molecule has 0 saturated carbocycles. The number of aryl methyl sites for hydroxylation is 2. The second-order valence-electron chi connectivity index (χ2n) is 5.94. The van der Waals surface area contributed by atoms with Gasteiger partial charge in [-0.25, -0.2) is 0 Å². The zero-order chi connectivity index (χ0) is 17.6. The fourth-order valence-corrected chi connectivity index (χ4v) is 3.26. The Bertz CT molecular complexity index is 1030. The van der Waals surface area contributed by atoms with Crippen molar-refractivity contribution in [2.24, 2.45) is 0 Å². The molecule has 1 aromatic heterocycles. The maximum atomic E-state index is 12.8. The van der Waals surface area contributed by atoms with E-state index >= 15 is 0 Å². The summed E-state index contributed by atoms with van der Waals surface area (Å²) in [5.74, 6) is 3.31. The minimum absolute atomic E-state index is 0.0945. The highest BCUT2D eigenvalue weighted by Gasteiger charge is 2.18. The van der Waals surface area contributed by atoms with E-state index in [4.69, 9.17) is 18.6 Å². The molecule has 5 nitrogen and oxygen atoms in total. The number of rotatable bonds is 3. The fraction of sp³-hybridized carbons (Fsp3) is 0.250. The first-order valence-electron chi connectivity index (χ1n) is 8.19. The summed E-state index contributed by atoms with van der Waals surface area (Å²) >= 11 is 0. The second-order valence-corrected chi connectivity index (χ2v) is 5.94. The van der Waals surface area contributed by atoms with E-state index in [1.165, 1.54) is 0 Å². The molecule has 0 unspecified atom stereocenters. The molecule has 0 aliphatic carbocycles. The maximum absolute atomic E-state index is 12.8. The van der Waals surface area contributed by atoms with Gasteiger partial charge in [0.05, 0.1) is 17.4 Å². The van der Waals surface area contributed by atoms with Crippen LogP contribution >= 0.6 is 0 Å². The lowest BCUT2D eigenvalue weighted by molar-refractivity contribution is 0.174. The molecule has 0 bridgehead atoms. The standard InChI is InChI=1S/C20H18O5/c1-4-22-18-9-14(13-5-6-16-17(8-13)24-10-23-16)7-15(21)19-11(2)25-12(3)20(18)19/h5-9H,4,10H2,1-3H3. The Morgan fingerprint density at radius 1 is 0.960 bits per heavy atom. The monoisotopic (exact) mass is 338 g/mol. The maximum Gasteiger partial charge on any atom is 0.231 e. The Hall–Kier alpha value is -2.95. The summed E-state index contributed by atoms with van der Waals surface area (Å²) in [5.41, 5.74) is 1.54. The molecule has 0 saturated heterocycles. The average molecular weight is 338 g/mol. The number of hydrogen-bond donors (Lipinski definition) is 0. The molecule has 1 aliphatic heterocycles. The van der Waals surface area contributed by atoms with Crippen molar-refractivity contribution < 1.29 is 18.6 Å². The molecule has 3 aromatic rings. The van der Waals surface area contributed by atoms with Crippen LogP contribution < -0.4 is 19.6 Å². The Balaban J connectivity index is 2.01. The van der Waals surface area contributed by atoms with Crippen molar-refractivity contribution in [3.63, 3.8) is 0 Å². The van der Waals surface area contributed by atoms with Gasteiger partial charge in [-0.1, -0.05) is 6.07 Å².